The molecule has 1 amide bonds. The van der Waals surface area contributed by atoms with Crippen LogP contribution in [0, 0.1) is 0 Å². The summed E-state index contributed by atoms with van der Waals surface area (Å²) >= 11 is 5.74. The Bertz CT molecular complexity index is 811. The molecule has 3 rings (SSSR count). The van der Waals surface area contributed by atoms with Crippen LogP contribution in [0.25, 0.3) is 0 Å². The molecule has 7 nitrogen and oxygen atoms in total. The van der Waals surface area contributed by atoms with Crippen molar-refractivity contribution in [2.24, 2.45) is 0 Å². The molecule has 0 fully saturated rings. The van der Waals surface area contributed by atoms with Gasteiger partial charge in [0.1, 0.15) is 11.9 Å². The first-order valence-corrected chi connectivity index (χ1v) is 8.37. The molecule has 1 aromatic heterocycles. The van der Waals surface area contributed by atoms with E-state index in [9.17, 15) is 9.59 Å². The average molecular weight is 377 g/mol. The zero-order valence-corrected chi connectivity index (χ0v) is 14.9. The van der Waals surface area contributed by atoms with E-state index in [1.807, 2.05) is 6.07 Å². The highest BCUT2D eigenvalue weighted by Crippen LogP contribution is 2.33. The quantitative estimate of drug-likeness (QED) is 0.826. The molecule has 2 heterocycles. The van der Waals surface area contributed by atoms with Crippen LogP contribution in [0.1, 0.15) is 13.8 Å². The van der Waals surface area contributed by atoms with Crippen LogP contribution < -0.4 is 14.8 Å². The monoisotopic (exact) mass is 376 g/mol. The van der Waals surface area contributed by atoms with Crippen molar-refractivity contribution < 1.29 is 23.8 Å². The van der Waals surface area contributed by atoms with E-state index < -0.39 is 30.2 Å². The lowest BCUT2D eigenvalue weighted by Crippen LogP contribution is -2.46. The first kappa shape index (κ1) is 18.0. The van der Waals surface area contributed by atoms with Crippen LogP contribution in [0.4, 0.5) is 5.82 Å². The lowest BCUT2D eigenvalue weighted by atomic mass is 10.2. The van der Waals surface area contributed by atoms with E-state index in [1.165, 1.54) is 13.1 Å². The van der Waals surface area contributed by atoms with Crippen LogP contribution in [0.3, 0.4) is 0 Å². The van der Waals surface area contributed by atoms with Crippen molar-refractivity contribution in [1.82, 2.24) is 4.98 Å². The van der Waals surface area contributed by atoms with Crippen molar-refractivity contribution in [3.63, 3.8) is 0 Å². The fourth-order valence-electron chi connectivity index (χ4n) is 2.35. The average Bonchev–Trinajstić information content (AvgIpc) is 2.62. The fourth-order valence-corrected chi connectivity index (χ4v) is 2.46. The Kier molecular flexibility index (Phi) is 5.27. The molecular formula is C18H17ClN2O5. The summed E-state index contributed by atoms with van der Waals surface area (Å²) in [6.45, 7) is 3.16. The minimum absolute atomic E-state index is 0.307. The third-order valence-corrected chi connectivity index (χ3v) is 3.94. The normalized spacial score (nSPS) is 19.3. The molecule has 0 radical (unpaired) electrons. The van der Waals surface area contributed by atoms with Crippen molar-refractivity contribution >= 4 is 29.3 Å². The summed E-state index contributed by atoms with van der Waals surface area (Å²) in [5.74, 6) is 0.122. The Hall–Kier alpha value is -2.80. The molecule has 26 heavy (non-hydrogen) atoms. The minimum atomic E-state index is -1.03. The molecule has 0 bridgehead atoms. The maximum Gasteiger partial charge on any atom is 0.352 e. The zero-order chi connectivity index (χ0) is 18.7. The Morgan fingerprint density at radius 2 is 1.88 bits per heavy atom. The summed E-state index contributed by atoms with van der Waals surface area (Å²) in [5, 5.41) is 3.00. The molecule has 0 spiro atoms. The predicted octanol–water partition coefficient (Wildman–Crippen LogP) is 2.83. The van der Waals surface area contributed by atoms with Gasteiger partial charge in [-0.05, 0) is 38.1 Å². The van der Waals surface area contributed by atoms with Crippen LogP contribution in [0.15, 0.2) is 42.6 Å². The number of pyridine rings is 1. The molecule has 136 valence electrons. The van der Waals surface area contributed by atoms with Gasteiger partial charge in [0.2, 0.25) is 6.10 Å². The molecule has 3 atom stereocenters. The predicted molar refractivity (Wildman–Crippen MR) is 94.4 cm³/mol. The Morgan fingerprint density at radius 3 is 2.54 bits per heavy atom. The van der Waals surface area contributed by atoms with E-state index in [1.54, 1.807) is 37.3 Å². The molecule has 2 aromatic rings. The highest BCUT2D eigenvalue weighted by molar-refractivity contribution is 6.30. The number of nitrogens with one attached hydrogen (secondary N) is 1. The van der Waals surface area contributed by atoms with Crippen molar-refractivity contribution in [3.8, 4) is 11.5 Å². The van der Waals surface area contributed by atoms with Crippen molar-refractivity contribution in [2.45, 2.75) is 32.2 Å². The minimum Gasteiger partial charge on any atom is -0.482 e. The van der Waals surface area contributed by atoms with Gasteiger partial charge in [-0.1, -0.05) is 23.7 Å². The fraction of sp³-hybridized carbons (Fsp3) is 0.278. The summed E-state index contributed by atoms with van der Waals surface area (Å²) in [7, 11) is 0. The lowest BCUT2D eigenvalue weighted by Gasteiger charge is -2.30. The number of fused-ring (bicyclic) bond motifs is 1. The Balaban J connectivity index is 1.60. The topological polar surface area (TPSA) is 86.8 Å². The van der Waals surface area contributed by atoms with Crippen LogP contribution >= 0.6 is 11.6 Å². The number of hydrogen-bond acceptors (Lipinski definition) is 6. The first-order chi connectivity index (χ1) is 12.4. The number of ether oxygens (including phenoxy) is 3. The van der Waals surface area contributed by atoms with E-state index >= 15 is 0 Å². The lowest BCUT2D eigenvalue weighted by molar-refractivity contribution is -0.165. The molecule has 0 saturated carbocycles. The molecule has 0 aliphatic carbocycles. The number of aromatic nitrogens is 1. The van der Waals surface area contributed by atoms with Crippen molar-refractivity contribution in [2.75, 3.05) is 5.32 Å². The van der Waals surface area contributed by atoms with Crippen molar-refractivity contribution in [3.05, 3.63) is 47.6 Å². The van der Waals surface area contributed by atoms with Gasteiger partial charge in [0.25, 0.3) is 5.91 Å². The van der Waals surface area contributed by atoms with Gasteiger partial charge in [-0.15, -0.1) is 0 Å². The molecule has 3 unspecified atom stereocenters. The van der Waals surface area contributed by atoms with Crippen LogP contribution in [-0.4, -0.2) is 35.2 Å². The van der Waals surface area contributed by atoms with Gasteiger partial charge in [-0.2, -0.15) is 0 Å². The molecule has 1 aliphatic heterocycles. The number of hydrogen-bond donors (Lipinski definition) is 1. The Labute approximate surface area is 155 Å². The van der Waals surface area contributed by atoms with Gasteiger partial charge >= 0.3 is 5.97 Å². The maximum absolute atomic E-state index is 12.4. The highest BCUT2D eigenvalue weighted by atomic mass is 35.5. The number of halogens is 1. The number of para-hydroxylation sites is 2. The van der Waals surface area contributed by atoms with Gasteiger partial charge in [0.15, 0.2) is 17.6 Å². The molecular weight excluding hydrogens is 360 g/mol. The number of anilines is 1. The number of rotatable bonds is 4. The summed E-state index contributed by atoms with van der Waals surface area (Å²) in [5.41, 5.74) is 0. The summed E-state index contributed by atoms with van der Waals surface area (Å²) < 4.78 is 16.5. The van der Waals surface area contributed by atoms with E-state index in [0.29, 0.717) is 22.3 Å². The van der Waals surface area contributed by atoms with E-state index in [2.05, 4.69) is 10.3 Å². The second-order valence-electron chi connectivity index (χ2n) is 5.74. The van der Waals surface area contributed by atoms with Gasteiger partial charge in [-0.3, -0.25) is 4.79 Å². The third kappa shape index (κ3) is 4.05. The zero-order valence-electron chi connectivity index (χ0n) is 14.1. The number of carbonyl (C=O) groups is 2. The highest BCUT2D eigenvalue weighted by Gasteiger charge is 2.36. The third-order valence-electron chi connectivity index (χ3n) is 3.72. The van der Waals surface area contributed by atoms with E-state index in [0.717, 1.165) is 0 Å². The molecule has 0 saturated heterocycles. The van der Waals surface area contributed by atoms with Gasteiger partial charge < -0.3 is 19.5 Å². The van der Waals surface area contributed by atoms with Gasteiger partial charge in [-0.25, -0.2) is 9.78 Å². The van der Waals surface area contributed by atoms with Crippen molar-refractivity contribution in [1.29, 1.82) is 0 Å². The first-order valence-electron chi connectivity index (χ1n) is 7.99. The molecule has 1 N–H and O–H groups in total. The van der Waals surface area contributed by atoms with Crippen LogP contribution in [0.2, 0.25) is 5.02 Å². The number of amides is 1. The largest absolute Gasteiger partial charge is 0.482 e. The second-order valence-corrected chi connectivity index (χ2v) is 6.17. The standard InChI is InChI=1S/C18H17ClN2O5/c1-10-16(26-14-6-4-3-5-13(14)24-10)18(23)25-11(2)17(22)21-15-8-7-12(19)9-20-15/h3-11,16H,1-2H3,(H,20,21,22). The van der Waals surface area contributed by atoms with E-state index in [-0.39, 0.29) is 0 Å². The van der Waals surface area contributed by atoms with Gasteiger partial charge in [0, 0.05) is 6.20 Å². The number of nitrogens with zero attached hydrogens (tertiary/aromatic N) is 1. The molecule has 1 aliphatic rings. The summed E-state index contributed by atoms with van der Waals surface area (Å²) in [6.07, 6.45) is -1.15. The van der Waals surface area contributed by atoms with Gasteiger partial charge in [0.05, 0.1) is 5.02 Å². The van der Waals surface area contributed by atoms with Crippen LogP contribution in [0.5, 0.6) is 11.5 Å². The van der Waals surface area contributed by atoms with E-state index in [4.69, 9.17) is 25.8 Å². The smallest absolute Gasteiger partial charge is 0.352 e. The number of esters is 1. The maximum atomic E-state index is 12.4. The van der Waals surface area contributed by atoms with Crippen LogP contribution in [-0.2, 0) is 14.3 Å². The molecule has 8 heteroatoms. The summed E-state index contributed by atoms with van der Waals surface area (Å²) in [6, 6.07) is 10.2. The molecule has 1 aromatic carbocycles. The SMILES string of the molecule is CC(OC(=O)C1Oc2ccccc2OC1C)C(=O)Nc1ccc(Cl)cn1. The number of carbonyl (C=O) groups excluding carboxylic acids is 2. The summed E-state index contributed by atoms with van der Waals surface area (Å²) in [4.78, 5) is 28.5. The second kappa shape index (κ2) is 7.61. The Morgan fingerprint density at radius 1 is 1.19 bits per heavy atom. The number of benzene rings is 1.